The molecule has 0 saturated carbocycles. The van der Waals surface area contributed by atoms with Crippen LogP contribution < -0.4 is 0 Å². The maximum atomic E-state index is 6.00. The van der Waals surface area contributed by atoms with E-state index in [4.69, 9.17) is 23.2 Å². The lowest BCUT2D eigenvalue weighted by molar-refractivity contribution is 1.45. The van der Waals surface area contributed by atoms with Gasteiger partial charge in [0.25, 0.3) is 0 Å². The van der Waals surface area contributed by atoms with Crippen LogP contribution in [0.2, 0.25) is 10.0 Å². The molecule has 1 rings (SSSR count). The first-order valence-electron chi connectivity index (χ1n) is 3.65. The third-order valence-corrected chi connectivity index (χ3v) is 2.89. The fraction of sp³-hybridized carbons (Fsp3) is 0.222. The first kappa shape index (κ1) is 10.9. The second kappa shape index (κ2) is 4.89. The molecule has 0 unspecified atom stereocenters. The van der Waals surface area contributed by atoms with Crippen molar-refractivity contribution in [2.75, 3.05) is 13.3 Å². The van der Waals surface area contributed by atoms with Crippen LogP contribution in [-0.4, -0.2) is 18.3 Å². The van der Waals surface area contributed by atoms with Crippen LogP contribution in [0.25, 0.3) is 0 Å². The van der Waals surface area contributed by atoms with Crippen LogP contribution in [0.3, 0.4) is 0 Å². The van der Waals surface area contributed by atoms with Crippen molar-refractivity contribution in [2.24, 2.45) is 4.99 Å². The third-order valence-electron chi connectivity index (χ3n) is 1.56. The van der Waals surface area contributed by atoms with E-state index in [1.165, 1.54) is 0 Å². The van der Waals surface area contributed by atoms with Gasteiger partial charge in [0, 0.05) is 17.6 Å². The number of hydrogen-bond donors (Lipinski definition) is 0. The minimum atomic E-state index is 0.641. The van der Waals surface area contributed by atoms with Crippen LogP contribution in [0.5, 0.6) is 0 Å². The van der Waals surface area contributed by atoms with Crippen molar-refractivity contribution in [3.63, 3.8) is 0 Å². The molecule has 0 aliphatic carbocycles. The highest BCUT2D eigenvalue weighted by Gasteiger charge is 2.06. The van der Waals surface area contributed by atoms with Crippen LogP contribution in [0.1, 0.15) is 5.56 Å². The topological polar surface area (TPSA) is 12.4 Å². The predicted octanol–water partition coefficient (Wildman–Crippen LogP) is 3.73. The molecular weight excluding hydrogens is 225 g/mol. The Hall–Kier alpha value is -0.180. The Balaban J connectivity index is 3.15. The molecule has 0 radical (unpaired) electrons. The van der Waals surface area contributed by atoms with Gasteiger partial charge in [0.2, 0.25) is 0 Å². The lowest BCUT2D eigenvalue weighted by atomic mass is 10.2. The fourth-order valence-electron chi connectivity index (χ4n) is 0.985. The molecule has 0 atom stereocenters. The minimum absolute atomic E-state index is 0.641. The van der Waals surface area contributed by atoms with E-state index < -0.39 is 0 Å². The summed E-state index contributed by atoms with van der Waals surface area (Å²) in [7, 11) is 1.75. The molecule has 1 nitrogen and oxygen atoms in total. The normalized spacial score (nSPS) is 11.8. The molecule has 13 heavy (non-hydrogen) atoms. The Labute approximate surface area is 92.2 Å². The monoisotopic (exact) mass is 233 g/mol. The Morgan fingerprint density at radius 2 is 2.08 bits per heavy atom. The van der Waals surface area contributed by atoms with E-state index in [0.29, 0.717) is 10.0 Å². The third kappa shape index (κ3) is 2.63. The fourth-order valence-corrected chi connectivity index (χ4v) is 2.12. The molecular formula is C9H9Cl2NS. The maximum Gasteiger partial charge on any atom is 0.0985 e. The van der Waals surface area contributed by atoms with Gasteiger partial charge in [-0.1, -0.05) is 23.2 Å². The van der Waals surface area contributed by atoms with Crippen molar-refractivity contribution in [3.8, 4) is 0 Å². The summed E-state index contributed by atoms with van der Waals surface area (Å²) in [4.78, 5) is 4.12. The molecule has 1 aromatic rings. The summed E-state index contributed by atoms with van der Waals surface area (Å²) in [5, 5.41) is 2.20. The number of thioether (sulfide) groups is 1. The molecule has 0 heterocycles. The zero-order valence-electron chi connectivity index (χ0n) is 7.34. The first-order valence-corrected chi connectivity index (χ1v) is 5.63. The minimum Gasteiger partial charge on any atom is -0.281 e. The summed E-state index contributed by atoms with van der Waals surface area (Å²) < 4.78 is 0. The average molecular weight is 234 g/mol. The highest BCUT2D eigenvalue weighted by Crippen LogP contribution is 2.24. The van der Waals surface area contributed by atoms with Crippen LogP contribution in [-0.2, 0) is 0 Å². The molecule has 0 spiro atoms. The highest BCUT2D eigenvalue weighted by atomic mass is 35.5. The number of hydrogen-bond acceptors (Lipinski definition) is 2. The van der Waals surface area contributed by atoms with E-state index in [1.54, 1.807) is 24.9 Å². The standard InChI is InChI=1S/C9H9Cl2NS/c1-12-9(13-2)7-4-3-6(10)5-8(7)11/h3-5H,1-2H3. The Kier molecular flexibility index (Phi) is 4.10. The second-order valence-electron chi connectivity index (χ2n) is 2.36. The largest absolute Gasteiger partial charge is 0.281 e. The van der Waals surface area contributed by atoms with Gasteiger partial charge in [0.1, 0.15) is 0 Å². The van der Waals surface area contributed by atoms with Crippen LogP contribution in [0.15, 0.2) is 23.2 Å². The van der Waals surface area contributed by atoms with Gasteiger partial charge < -0.3 is 0 Å². The average Bonchev–Trinajstić information content (AvgIpc) is 2.10. The summed E-state index contributed by atoms with van der Waals surface area (Å²) in [5.41, 5.74) is 0.932. The van der Waals surface area contributed by atoms with Gasteiger partial charge in [0.05, 0.1) is 10.1 Å². The lowest BCUT2D eigenvalue weighted by Gasteiger charge is -2.04. The molecule has 0 aliphatic heterocycles. The SMILES string of the molecule is CN=C(SC)c1ccc(Cl)cc1Cl. The van der Waals surface area contributed by atoms with Gasteiger partial charge in [-0.15, -0.1) is 11.8 Å². The van der Waals surface area contributed by atoms with Crippen LogP contribution >= 0.6 is 35.0 Å². The molecule has 0 N–H and O–H groups in total. The van der Waals surface area contributed by atoms with Crippen LogP contribution in [0.4, 0.5) is 0 Å². The molecule has 0 aromatic heterocycles. The number of nitrogens with zero attached hydrogens (tertiary/aromatic N) is 1. The van der Waals surface area contributed by atoms with Crippen molar-refractivity contribution in [3.05, 3.63) is 33.8 Å². The molecule has 0 saturated heterocycles. The molecule has 0 aliphatic rings. The van der Waals surface area contributed by atoms with Crippen molar-refractivity contribution >= 4 is 40.0 Å². The first-order chi connectivity index (χ1) is 6.19. The van der Waals surface area contributed by atoms with Crippen LogP contribution in [0, 0.1) is 0 Å². The molecule has 0 fully saturated rings. The van der Waals surface area contributed by atoms with Gasteiger partial charge in [-0.25, -0.2) is 0 Å². The van der Waals surface area contributed by atoms with E-state index in [-0.39, 0.29) is 0 Å². The number of benzene rings is 1. The zero-order chi connectivity index (χ0) is 9.84. The number of rotatable bonds is 1. The van der Waals surface area contributed by atoms with Crippen molar-refractivity contribution in [1.82, 2.24) is 0 Å². The van der Waals surface area contributed by atoms with E-state index in [2.05, 4.69) is 4.99 Å². The van der Waals surface area contributed by atoms with Gasteiger partial charge in [-0.2, -0.15) is 0 Å². The van der Waals surface area contributed by atoms with E-state index in [0.717, 1.165) is 10.6 Å². The smallest absolute Gasteiger partial charge is 0.0985 e. The molecule has 4 heteroatoms. The maximum absolute atomic E-state index is 6.00. The summed E-state index contributed by atoms with van der Waals surface area (Å²) >= 11 is 13.3. The Morgan fingerprint density at radius 3 is 2.54 bits per heavy atom. The summed E-state index contributed by atoms with van der Waals surface area (Å²) in [5.74, 6) is 0. The van der Waals surface area contributed by atoms with Crippen molar-refractivity contribution in [1.29, 1.82) is 0 Å². The van der Waals surface area contributed by atoms with E-state index in [9.17, 15) is 0 Å². The van der Waals surface area contributed by atoms with E-state index >= 15 is 0 Å². The second-order valence-corrected chi connectivity index (χ2v) is 4.00. The van der Waals surface area contributed by atoms with Crippen molar-refractivity contribution < 1.29 is 0 Å². The lowest BCUT2D eigenvalue weighted by Crippen LogP contribution is -1.95. The van der Waals surface area contributed by atoms with E-state index in [1.807, 2.05) is 18.4 Å². The summed E-state index contributed by atoms with van der Waals surface area (Å²) in [6, 6.07) is 5.41. The molecule has 70 valence electrons. The molecule has 0 amide bonds. The summed E-state index contributed by atoms with van der Waals surface area (Å²) in [6.45, 7) is 0. The highest BCUT2D eigenvalue weighted by molar-refractivity contribution is 8.13. The van der Waals surface area contributed by atoms with Gasteiger partial charge in [-0.05, 0) is 24.5 Å². The molecule has 1 aromatic carbocycles. The zero-order valence-corrected chi connectivity index (χ0v) is 9.67. The quantitative estimate of drug-likeness (QED) is 0.532. The Bertz CT molecular complexity index is 336. The number of halogens is 2. The molecule has 0 bridgehead atoms. The number of aliphatic imine (C=N–C) groups is 1. The predicted molar refractivity (Wildman–Crippen MR) is 62.4 cm³/mol. The van der Waals surface area contributed by atoms with Gasteiger partial charge >= 0.3 is 0 Å². The van der Waals surface area contributed by atoms with Gasteiger partial charge in [0.15, 0.2) is 0 Å². The van der Waals surface area contributed by atoms with Crippen molar-refractivity contribution in [2.45, 2.75) is 0 Å². The van der Waals surface area contributed by atoms with Gasteiger partial charge in [-0.3, -0.25) is 4.99 Å². The summed E-state index contributed by atoms with van der Waals surface area (Å²) in [6.07, 6.45) is 1.97. The Morgan fingerprint density at radius 1 is 1.38 bits per heavy atom.